The molecule has 0 N–H and O–H groups in total. The minimum atomic E-state index is 0.450. The molecule has 0 spiro atoms. The topological polar surface area (TPSA) is 58.0 Å². The van der Waals surface area contributed by atoms with Crippen LogP contribution in [0.5, 0.6) is 0 Å². The fourth-order valence-corrected chi connectivity index (χ4v) is 3.63. The summed E-state index contributed by atoms with van der Waals surface area (Å²) in [6.45, 7) is 2.61. The molecule has 5 nitrogen and oxygen atoms in total. The Bertz CT molecular complexity index is 1110. The summed E-state index contributed by atoms with van der Waals surface area (Å²) in [6, 6.07) is 22.2. The lowest BCUT2D eigenvalue weighted by molar-refractivity contribution is 0.232. The Hall–Kier alpha value is -3.07. The Morgan fingerprint density at radius 1 is 1.07 bits per heavy atom. The molecule has 0 radical (unpaired) electrons. The number of rotatable bonds is 8. The summed E-state index contributed by atoms with van der Waals surface area (Å²) in [4.78, 5) is 7.06. The largest absolute Gasteiger partial charge is 0.468 e. The second-order valence-electron chi connectivity index (χ2n) is 6.93. The number of nitrogens with zero attached hydrogens (tertiary/aromatic N) is 4. The van der Waals surface area contributed by atoms with Crippen LogP contribution in [0.4, 0.5) is 0 Å². The molecule has 0 atom stereocenters. The first-order valence-corrected chi connectivity index (χ1v) is 9.91. The van der Waals surface area contributed by atoms with Crippen LogP contribution in [0.25, 0.3) is 11.0 Å². The zero-order valence-corrected chi connectivity index (χ0v) is 16.7. The first-order valence-electron chi connectivity index (χ1n) is 9.53. The fourth-order valence-electron chi connectivity index (χ4n) is 3.46. The van der Waals surface area contributed by atoms with E-state index in [0.717, 1.165) is 29.2 Å². The van der Waals surface area contributed by atoms with Crippen LogP contribution >= 0.6 is 11.6 Å². The maximum absolute atomic E-state index is 9.07. The van der Waals surface area contributed by atoms with Gasteiger partial charge in [0.05, 0.1) is 36.5 Å². The number of furan rings is 1. The molecule has 0 unspecified atom stereocenters. The van der Waals surface area contributed by atoms with Crippen molar-refractivity contribution >= 4 is 22.6 Å². The molecule has 2 aromatic carbocycles. The van der Waals surface area contributed by atoms with Gasteiger partial charge in [-0.3, -0.25) is 4.90 Å². The fraction of sp³-hybridized carbons (Fsp3) is 0.217. The van der Waals surface area contributed by atoms with Crippen LogP contribution in [0.3, 0.4) is 0 Å². The lowest BCUT2D eigenvalue weighted by Gasteiger charge is -2.20. The van der Waals surface area contributed by atoms with E-state index in [1.807, 2.05) is 48.5 Å². The normalized spacial score (nSPS) is 11.2. The molecule has 6 heteroatoms. The van der Waals surface area contributed by atoms with E-state index in [1.54, 1.807) is 6.26 Å². The Morgan fingerprint density at radius 2 is 1.93 bits per heavy atom. The minimum absolute atomic E-state index is 0.450. The summed E-state index contributed by atoms with van der Waals surface area (Å²) >= 11 is 6.20. The smallest absolute Gasteiger partial charge is 0.124 e. The Balaban J connectivity index is 1.68. The Kier molecular flexibility index (Phi) is 5.95. The number of nitriles is 1. The molecular formula is C23H21ClN4O. The van der Waals surface area contributed by atoms with E-state index in [9.17, 15) is 0 Å². The van der Waals surface area contributed by atoms with E-state index < -0.39 is 0 Å². The average molecular weight is 405 g/mol. The Morgan fingerprint density at radius 3 is 2.69 bits per heavy atom. The van der Waals surface area contributed by atoms with Gasteiger partial charge in [-0.15, -0.1) is 0 Å². The predicted molar refractivity (Wildman–Crippen MR) is 113 cm³/mol. The van der Waals surface area contributed by atoms with Crippen molar-refractivity contribution in [2.24, 2.45) is 0 Å². The van der Waals surface area contributed by atoms with Crippen LogP contribution in [0.2, 0.25) is 5.02 Å². The SMILES string of the molecule is N#CCCN(Cc1ccco1)Cc1nc2cc(Cl)ccc2n1Cc1ccccc1. The van der Waals surface area contributed by atoms with Crippen LogP contribution in [-0.2, 0) is 19.6 Å². The lowest BCUT2D eigenvalue weighted by atomic mass is 10.2. The number of halogens is 1. The molecule has 0 saturated heterocycles. The highest BCUT2D eigenvalue weighted by Gasteiger charge is 2.16. The monoisotopic (exact) mass is 404 g/mol. The number of hydrogen-bond acceptors (Lipinski definition) is 4. The number of hydrogen-bond donors (Lipinski definition) is 0. The van der Waals surface area contributed by atoms with Gasteiger partial charge in [-0.1, -0.05) is 41.9 Å². The zero-order valence-electron chi connectivity index (χ0n) is 16.0. The summed E-state index contributed by atoms with van der Waals surface area (Å²) in [5.74, 6) is 1.81. The van der Waals surface area contributed by atoms with Gasteiger partial charge in [-0.2, -0.15) is 5.26 Å². The molecule has 0 aliphatic carbocycles. The molecule has 29 heavy (non-hydrogen) atoms. The van der Waals surface area contributed by atoms with Gasteiger partial charge in [0.15, 0.2) is 0 Å². The molecule has 4 aromatic rings. The van der Waals surface area contributed by atoms with E-state index in [-0.39, 0.29) is 0 Å². The first-order chi connectivity index (χ1) is 14.2. The summed E-state index contributed by atoms with van der Waals surface area (Å²) in [7, 11) is 0. The third-order valence-electron chi connectivity index (χ3n) is 4.84. The molecule has 4 rings (SSSR count). The third kappa shape index (κ3) is 4.68. The maximum Gasteiger partial charge on any atom is 0.124 e. The van der Waals surface area contributed by atoms with Gasteiger partial charge in [0.2, 0.25) is 0 Å². The molecule has 0 amide bonds. The highest BCUT2D eigenvalue weighted by molar-refractivity contribution is 6.31. The summed E-state index contributed by atoms with van der Waals surface area (Å²) in [5.41, 5.74) is 3.13. The van der Waals surface area contributed by atoms with Crippen molar-refractivity contribution in [3.8, 4) is 6.07 Å². The molecule has 0 fully saturated rings. The van der Waals surface area contributed by atoms with Crippen molar-refractivity contribution in [3.63, 3.8) is 0 Å². The van der Waals surface area contributed by atoms with Crippen molar-refractivity contribution in [1.29, 1.82) is 5.26 Å². The summed E-state index contributed by atoms with van der Waals surface area (Å²) < 4.78 is 7.74. The van der Waals surface area contributed by atoms with Crippen LogP contribution < -0.4 is 0 Å². The summed E-state index contributed by atoms with van der Waals surface area (Å²) in [5, 5.41) is 9.74. The Labute approximate surface area is 174 Å². The third-order valence-corrected chi connectivity index (χ3v) is 5.07. The van der Waals surface area contributed by atoms with Crippen LogP contribution in [0.1, 0.15) is 23.6 Å². The van der Waals surface area contributed by atoms with Gasteiger partial charge >= 0.3 is 0 Å². The van der Waals surface area contributed by atoms with Gasteiger partial charge in [0, 0.05) is 24.5 Å². The zero-order chi connectivity index (χ0) is 20.1. The highest BCUT2D eigenvalue weighted by Crippen LogP contribution is 2.23. The highest BCUT2D eigenvalue weighted by atomic mass is 35.5. The van der Waals surface area contributed by atoms with E-state index in [0.29, 0.717) is 31.1 Å². The number of fused-ring (bicyclic) bond motifs is 1. The second-order valence-corrected chi connectivity index (χ2v) is 7.37. The van der Waals surface area contributed by atoms with Gasteiger partial charge in [0.1, 0.15) is 11.6 Å². The molecule has 0 aliphatic rings. The standard InChI is InChI=1S/C23H21ClN4O/c24-19-9-10-22-21(14-19)26-23(28(22)15-18-6-2-1-3-7-18)17-27(12-5-11-25)16-20-8-4-13-29-20/h1-4,6-10,13-14H,5,12,15-17H2. The quantitative estimate of drug-likeness (QED) is 0.402. The van der Waals surface area contributed by atoms with E-state index in [1.165, 1.54) is 5.56 Å². The average Bonchev–Trinajstić information content (AvgIpc) is 3.35. The molecule has 2 heterocycles. The van der Waals surface area contributed by atoms with E-state index in [4.69, 9.17) is 26.3 Å². The molecule has 0 bridgehead atoms. The number of imidazole rings is 1. The second kappa shape index (κ2) is 8.95. The summed E-state index contributed by atoms with van der Waals surface area (Å²) in [6.07, 6.45) is 2.12. The molecular weight excluding hydrogens is 384 g/mol. The predicted octanol–water partition coefficient (Wildman–Crippen LogP) is 5.25. The van der Waals surface area contributed by atoms with Gasteiger partial charge in [0.25, 0.3) is 0 Å². The van der Waals surface area contributed by atoms with Crippen molar-refractivity contribution < 1.29 is 4.42 Å². The molecule has 0 saturated carbocycles. The van der Waals surface area contributed by atoms with Crippen molar-refractivity contribution in [2.75, 3.05) is 6.54 Å². The number of aromatic nitrogens is 2. The number of benzene rings is 2. The van der Waals surface area contributed by atoms with E-state index >= 15 is 0 Å². The van der Waals surface area contributed by atoms with Gasteiger partial charge < -0.3 is 8.98 Å². The maximum atomic E-state index is 9.07. The van der Waals surface area contributed by atoms with Crippen molar-refractivity contribution in [1.82, 2.24) is 14.5 Å². The van der Waals surface area contributed by atoms with Crippen molar-refractivity contribution in [2.45, 2.75) is 26.1 Å². The minimum Gasteiger partial charge on any atom is -0.468 e. The van der Waals surface area contributed by atoms with Crippen LogP contribution in [0.15, 0.2) is 71.3 Å². The molecule has 146 valence electrons. The van der Waals surface area contributed by atoms with E-state index in [2.05, 4.69) is 27.7 Å². The molecule has 0 aliphatic heterocycles. The molecule has 2 aromatic heterocycles. The lowest BCUT2D eigenvalue weighted by Crippen LogP contribution is -2.25. The van der Waals surface area contributed by atoms with Crippen LogP contribution in [-0.4, -0.2) is 21.0 Å². The van der Waals surface area contributed by atoms with Crippen molar-refractivity contribution in [3.05, 3.63) is 89.1 Å². The first kappa shape index (κ1) is 19.3. The van der Waals surface area contributed by atoms with Gasteiger partial charge in [-0.25, -0.2) is 4.98 Å². The van der Waals surface area contributed by atoms with Crippen LogP contribution in [0, 0.1) is 11.3 Å². The van der Waals surface area contributed by atoms with Gasteiger partial charge in [-0.05, 0) is 35.9 Å².